The van der Waals surface area contributed by atoms with Crippen molar-refractivity contribution in [3.05, 3.63) is 99.8 Å². The SMILES string of the molecule is COCCn1c(Cn2cc3c(n2)CN(c2cccc(OCc4ccc(Cl)cc4F)n2)C3)nc2ccc(C(=O)OC)cc21. The van der Waals surface area contributed by atoms with Crippen LogP contribution in [-0.4, -0.2) is 51.1 Å². The van der Waals surface area contributed by atoms with E-state index in [0.717, 1.165) is 33.9 Å². The molecule has 0 N–H and O–H groups in total. The number of esters is 1. The van der Waals surface area contributed by atoms with Crippen molar-refractivity contribution >= 4 is 34.4 Å². The summed E-state index contributed by atoms with van der Waals surface area (Å²) in [6, 6.07) is 15.4. The van der Waals surface area contributed by atoms with Crippen LogP contribution < -0.4 is 9.64 Å². The van der Waals surface area contributed by atoms with Gasteiger partial charge in [-0.25, -0.2) is 14.2 Å². The van der Waals surface area contributed by atoms with Crippen LogP contribution in [0.3, 0.4) is 0 Å². The molecule has 12 heteroatoms. The first-order chi connectivity index (χ1) is 20.4. The summed E-state index contributed by atoms with van der Waals surface area (Å²) in [4.78, 5) is 23.7. The standard InChI is InChI=1S/C30H28ClFN6O4/c1-40-11-10-38-26-12-19(30(39)41-2)7-9-24(26)33-28(38)17-37-15-21-14-36(16-25(21)35-37)27-4-3-5-29(34-27)42-18-20-6-8-22(31)13-23(20)32/h3-9,12-13,15H,10-11,14,16-18H2,1-2H3. The van der Waals surface area contributed by atoms with Crippen LogP contribution in [0.4, 0.5) is 10.2 Å². The molecule has 0 saturated heterocycles. The van der Waals surface area contributed by atoms with Crippen molar-refractivity contribution in [2.24, 2.45) is 0 Å². The molecule has 42 heavy (non-hydrogen) atoms. The minimum Gasteiger partial charge on any atom is -0.473 e. The first kappa shape index (κ1) is 27.7. The maximum absolute atomic E-state index is 14.1. The van der Waals surface area contributed by atoms with E-state index in [9.17, 15) is 9.18 Å². The molecule has 0 radical (unpaired) electrons. The number of anilines is 1. The van der Waals surface area contributed by atoms with Gasteiger partial charge in [0.05, 0.1) is 49.1 Å². The van der Waals surface area contributed by atoms with Crippen molar-refractivity contribution in [2.75, 3.05) is 25.7 Å². The largest absolute Gasteiger partial charge is 0.473 e. The van der Waals surface area contributed by atoms with Gasteiger partial charge in [0.2, 0.25) is 5.88 Å². The van der Waals surface area contributed by atoms with Crippen molar-refractivity contribution in [3.8, 4) is 5.88 Å². The Bertz CT molecular complexity index is 1750. The van der Waals surface area contributed by atoms with E-state index in [0.29, 0.717) is 54.8 Å². The van der Waals surface area contributed by atoms with Gasteiger partial charge in [-0.3, -0.25) is 4.68 Å². The third-order valence-corrected chi connectivity index (χ3v) is 7.36. The van der Waals surface area contributed by atoms with Gasteiger partial charge in [0.15, 0.2) is 0 Å². The minimum absolute atomic E-state index is 0.0471. The van der Waals surface area contributed by atoms with Crippen LogP contribution in [0.2, 0.25) is 5.02 Å². The molecule has 0 amide bonds. The molecular weight excluding hydrogens is 563 g/mol. The van der Waals surface area contributed by atoms with Gasteiger partial charge >= 0.3 is 5.97 Å². The molecule has 1 aliphatic heterocycles. The molecule has 0 fully saturated rings. The molecule has 0 aliphatic carbocycles. The summed E-state index contributed by atoms with van der Waals surface area (Å²) in [7, 11) is 3.02. The fourth-order valence-electron chi connectivity index (χ4n) is 5.02. The Labute approximate surface area is 246 Å². The van der Waals surface area contributed by atoms with Gasteiger partial charge in [0.1, 0.15) is 24.1 Å². The molecule has 0 bridgehead atoms. The van der Waals surface area contributed by atoms with Crippen molar-refractivity contribution < 1.29 is 23.4 Å². The first-order valence-electron chi connectivity index (χ1n) is 13.3. The summed E-state index contributed by atoms with van der Waals surface area (Å²) >= 11 is 5.84. The number of imidazole rings is 1. The van der Waals surface area contributed by atoms with E-state index in [1.807, 2.05) is 29.1 Å². The Kier molecular flexibility index (Phi) is 7.77. The predicted molar refractivity (Wildman–Crippen MR) is 154 cm³/mol. The Hall–Kier alpha value is -4.48. The molecule has 0 spiro atoms. The first-order valence-corrected chi connectivity index (χ1v) is 13.7. The number of nitrogens with zero attached hydrogens (tertiary/aromatic N) is 6. The lowest BCUT2D eigenvalue weighted by Gasteiger charge is -2.17. The third-order valence-electron chi connectivity index (χ3n) is 7.12. The normalized spacial score (nSPS) is 12.6. The third kappa shape index (κ3) is 5.65. The second-order valence-electron chi connectivity index (χ2n) is 9.88. The fraction of sp³-hybridized carbons (Fsp3) is 0.267. The number of carbonyl (C=O) groups excluding carboxylic acids is 1. The summed E-state index contributed by atoms with van der Waals surface area (Å²) in [5.74, 6) is 1.15. The highest BCUT2D eigenvalue weighted by Crippen LogP contribution is 2.28. The maximum atomic E-state index is 14.1. The van der Waals surface area contributed by atoms with Gasteiger partial charge in [-0.05, 0) is 36.4 Å². The molecule has 216 valence electrons. The number of rotatable bonds is 10. The van der Waals surface area contributed by atoms with Crippen LogP contribution in [0.5, 0.6) is 5.88 Å². The zero-order chi connectivity index (χ0) is 29.2. The summed E-state index contributed by atoms with van der Waals surface area (Å²) in [6.45, 7) is 2.81. The summed E-state index contributed by atoms with van der Waals surface area (Å²) in [5.41, 5.74) is 4.54. The van der Waals surface area contributed by atoms with E-state index in [4.69, 9.17) is 35.9 Å². The number of hydrogen-bond donors (Lipinski definition) is 0. The van der Waals surface area contributed by atoms with E-state index in [1.54, 1.807) is 37.4 Å². The molecule has 0 atom stereocenters. The van der Waals surface area contributed by atoms with Gasteiger partial charge in [-0.1, -0.05) is 23.7 Å². The highest BCUT2D eigenvalue weighted by atomic mass is 35.5. The smallest absolute Gasteiger partial charge is 0.337 e. The lowest BCUT2D eigenvalue weighted by atomic mass is 10.2. The van der Waals surface area contributed by atoms with Crippen LogP contribution in [0.15, 0.2) is 60.8 Å². The zero-order valence-electron chi connectivity index (χ0n) is 23.1. The molecule has 1 aliphatic rings. The highest BCUT2D eigenvalue weighted by Gasteiger charge is 2.25. The number of benzene rings is 2. The molecule has 10 nitrogen and oxygen atoms in total. The van der Waals surface area contributed by atoms with E-state index in [-0.39, 0.29) is 6.61 Å². The van der Waals surface area contributed by atoms with Crippen molar-refractivity contribution in [2.45, 2.75) is 32.8 Å². The fourth-order valence-corrected chi connectivity index (χ4v) is 5.18. The van der Waals surface area contributed by atoms with E-state index in [2.05, 4.69) is 14.5 Å². The van der Waals surface area contributed by atoms with Crippen LogP contribution in [0.25, 0.3) is 11.0 Å². The predicted octanol–water partition coefficient (Wildman–Crippen LogP) is 5.00. The topological polar surface area (TPSA) is 96.5 Å². The van der Waals surface area contributed by atoms with Gasteiger partial charge in [-0.15, -0.1) is 0 Å². The van der Waals surface area contributed by atoms with Crippen LogP contribution in [-0.2, 0) is 42.3 Å². The number of methoxy groups -OCH3 is 2. The molecular formula is C30H28ClFN6O4. The molecule has 4 heterocycles. The maximum Gasteiger partial charge on any atom is 0.337 e. The van der Waals surface area contributed by atoms with Crippen molar-refractivity contribution in [1.82, 2.24) is 24.3 Å². The quantitative estimate of drug-likeness (QED) is 0.210. The summed E-state index contributed by atoms with van der Waals surface area (Å²) in [5, 5.41) is 5.17. The number of ether oxygens (including phenoxy) is 3. The van der Waals surface area contributed by atoms with E-state index in [1.165, 1.54) is 13.2 Å². The van der Waals surface area contributed by atoms with E-state index < -0.39 is 11.8 Å². The molecule has 3 aromatic heterocycles. The zero-order valence-corrected chi connectivity index (χ0v) is 23.8. The number of halogens is 2. The molecule has 0 unspecified atom stereocenters. The highest BCUT2D eigenvalue weighted by molar-refractivity contribution is 6.30. The van der Waals surface area contributed by atoms with Crippen LogP contribution in [0.1, 0.15) is 33.0 Å². The lowest BCUT2D eigenvalue weighted by molar-refractivity contribution is 0.0601. The lowest BCUT2D eigenvalue weighted by Crippen LogP contribution is -2.18. The number of hydrogen-bond acceptors (Lipinski definition) is 8. The van der Waals surface area contributed by atoms with Crippen molar-refractivity contribution in [1.29, 1.82) is 0 Å². The number of fused-ring (bicyclic) bond motifs is 2. The number of pyridine rings is 1. The molecule has 0 saturated carbocycles. The van der Waals surface area contributed by atoms with E-state index >= 15 is 0 Å². The average molecular weight is 591 g/mol. The monoisotopic (exact) mass is 590 g/mol. The Morgan fingerprint density at radius 3 is 2.74 bits per heavy atom. The van der Waals surface area contributed by atoms with Gasteiger partial charge < -0.3 is 23.7 Å². The van der Waals surface area contributed by atoms with Gasteiger partial charge in [-0.2, -0.15) is 10.1 Å². The Balaban J connectivity index is 1.16. The summed E-state index contributed by atoms with van der Waals surface area (Å²) in [6.07, 6.45) is 2.03. The van der Waals surface area contributed by atoms with Gasteiger partial charge in [0.25, 0.3) is 0 Å². The Morgan fingerprint density at radius 1 is 1.07 bits per heavy atom. The Morgan fingerprint density at radius 2 is 1.95 bits per heavy atom. The van der Waals surface area contributed by atoms with Crippen LogP contribution >= 0.6 is 11.6 Å². The summed E-state index contributed by atoms with van der Waals surface area (Å²) < 4.78 is 34.0. The number of aromatic nitrogens is 5. The van der Waals surface area contributed by atoms with Crippen LogP contribution in [0, 0.1) is 5.82 Å². The second kappa shape index (κ2) is 11.8. The van der Waals surface area contributed by atoms with Gasteiger partial charge in [0, 0.05) is 48.6 Å². The molecule has 6 rings (SSSR count). The average Bonchev–Trinajstić information content (AvgIpc) is 3.66. The van der Waals surface area contributed by atoms with Crippen molar-refractivity contribution in [3.63, 3.8) is 0 Å². The minimum atomic E-state index is -0.416. The molecule has 2 aromatic carbocycles. The second-order valence-corrected chi connectivity index (χ2v) is 10.3. The number of carbonyl (C=O) groups is 1. The molecule has 5 aromatic rings.